The second kappa shape index (κ2) is 5.82. The van der Waals surface area contributed by atoms with Crippen LogP contribution >= 0.6 is 11.8 Å². The highest BCUT2D eigenvalue weighted by molar-refractivity contribution is 8.00. The Hall–Kier alpha value is -1.94. The van der Waals surface area contributed by atoms with Gasteiger partial charge in [0.05, 0.1) is 5.75 Å². The Labute approximate surface area is 129 Å². The molecule has 0 saturated carbocycles. The van der Waals surface area contributed by atoms with Crippen molar-refractivity contribution in [2.45, 2.75) is 24.3 Å². The van der Waals surface area contributed by atoms with Gasteiger partial charge in [-0.15, -0.1) is 11.8 Å². The van der Waals surface area contributed by atoms with Crippen molar-refractivity contribution in [3.63, 3.8) is 0 Å². The molecule has 0 bridgehead atoms. The van der Waals surface area contributed by atoms with Gasteiger partial charge in [-0.1, -0.05) is 24.3 Å². The van der Waals surface area contributed by atoms with E-state index in [4.69, 9.17) is 5.73 Å². The Balaban J connectivity index is 1.71. The molecule has 1 atom stereocenters. The molecule has 1 aliphatic rings. The topological polar surface area (TPSA) is 46.3 Å². The first kappa shape index (κ1) is 14.0. The van der Waals surface area contributed by atoms with Crippen molar-refractivity contribution in [3.8, 4) is 0 Å². The number of benzene rings is 2. The molecule has 1 heterocycles. The Morgan fingerprint density at radius 1 is 1.29 bits per heavy atom. The van der Waals surface area contributed by atoms with Crippen LogP contribution in [-0.2, 0) is 11.2 Å². The first-order valence-electron chi connectivity index (χ1n) is 7.03. The summed E-state index contributed by atoms with van der Waals surface area (Å²) >= 11 is 1.54. The highest BCUT2D eigenvalue weighted by Crippen LogP contribution is 2.32. The third kappa shape index (κ3) is 2.90. The number of amides is 1. The van der Waals surface area contributed by atoms with E-state index in [9.17, 15) is 4.79 Å². The lowest BCUT2D eigenvalue weighted by atomic mass is 10.1. The number of carbonyl (C=O) groups is 1. The molecule has 1 unspecified atom stereocenters. The molecule has 1 amide bonds. The van der Waals surface area contributed by atoms with E-state index < -0.39 is 0 Å². The summed E-state index contributed by atoms with van der Waals surface area (Å²) in [6, 6.07) is 16.0. The number of anilines is 2. The van der Waals surface area contributed by atoms with Gasteiger partial charge in [0.15, 0.2) is 0 Å². The van der Waals surface area contributed by atoms with Gasteiger partial charge in [-0.2, -0.15) is 0 Å². The van der Waals surface area contributed by atoms with E-state index in [0.29, 0.717) is 5.75 Å². The Kier molecular flexibility index (Phi) is 3.88. The van der Waals surface area contributed by atoms with Crippen molar-refractivity contribution in [1.82, 2.24) is 0 Å². The number of para-hydroxylation sites is 1. The third-order valence-electron chi connectivity index (χ3n) is 3.70. The molecule has 1 aliphatic heterocycles. The van der Waals surface area contributed by atoms with Crippen molar-refractivity contribution in [2.75, 3.05) is 16.4 Å². The fourth-order valence-corrected chi connectivity index (χ4v) is 3.59. The zero-order valence-electron chi connectivity index (χ0n) is 12.0. The number of rotatable bonds is 3. The van der Waals surface area contributed by atoms with Crippen LogP contribution in [0.5, 0.6) is 0 Å². The number of nitrogens with zero attached hydrogens (tertiary/aromatic N) is 1. The first-order chi connectivity index (χ1) is 10.1. The van der Waals surface area contributed by atoms with Crippen molar-refractivity contribution in [2.24, 2.45) is 0 Å². The van der Waals surface area contributed by atoms with Crippen LogP contribution in [0.3, 0.4) is 0 Å². The number of hydrogen-bond donors (Lipinski definition) is 1. The van der Waals surface area contributed by atoms with Gasteiger partial charge in [-0.05, 0) is 43.2 Å². The normalized spacial score (nSPS) is 16.8. The minimum Gasteiger partial charge on any atom is -0.399 e. The summed E-state index contributed by atoms with van der Waals surface area (Å²) < 4.78 is 0. The summed E-state index contributed by atoms with van der Waals surface area (Å²) in [5.41, 5.74) is 8.81. The molecule has 4 heteroatoms. The maximum atomic E-state index is 12.6. The number of nitrogen functional groups attached to an aromatic ring is 1. The van der Waals surface area contributed by atoms with E-state index in [1.807, 2.05) is 47.4 Å². The third-order valence-corrected chi connectivity index (χ3v) is 4.67. The lowest BCUT2D eigenvalue weighted by Gasteiger charge is -2.22. The van der Waals surface area contributed by atoms with Crippen LogP contribution in [-0.4, -0.2) is 17.7 Å². The second-order valence-electron chi connectivity index (χ2n) is 5.31. The molecule has 0 aliphatic carbocycles. The Bertz CT molecular complexity index is 671. The summed E-state index contributed by atoms with van der Waals surface area (Å²) in [7, 11) is 0. The van der Waals surface area contributed by atoms with Crippen LogP contribution < -0.4 is 10.6 Å². The SMILES string of the molecule is CC1Cc2ccccc2N1C(=O)CSc1cccc(N)c1. The summed E-state index contributed by atoms with van der Waals surface area (Å²) in [5, 5.41) is 0. The average molecular weight is 298 g/mol. The van der Waals surface area contributed by atoms with Crippen molar-refractivity contribution in [3.05, 3.63) is 54.1 Å². The smallest absolute Gasteiger partial charge is 0.237 e. The van der Waals surface area contributed by atoms with Crippen molar-refractivity contribution >= 4 is 29.0 Å². The largest absolute Gasteiger partial charge is 0.399 e. The van der Waals surface area contributed by atoms with Gasteiger partial charge in [0.1, 0.15) is 0 Å². The van der Waals surface area contributed by atoms with Crippen LogP contribution in [0.2, 0.25) is 0 Å². The summed E-state index contributed by atoms with van der Waals surface area (Å²) in [4.78, 5) is 15.5. The molecule has 2 aromatic carbocycles. The molecule has 108 valence electrons. The predicted molar refractivity (Wildman–Crippen MR) is 88.7 cm³/mol. The molecule has 3 nitrogen and oxygen atoms in total. The summed E-state index contributed by atoms with van der Waals surface area (Å²) in [5.74, 6) is 0.585. The molecule has 0 aromatic heterocycles. The fourth-order valence-electron chi connectivity index (χ4n) is 2.76. The second-order valence-corrected chi connectivity index (χ2v) is 6.36. The molecule has 2 N–H and O–H groups in total. The monoisotopic (exact) mass is 298 g/mol. The van der Waals surface area contributed by atoms with Gasteiger partial charge in [0.25, 0.3) is 0 Å². The quantitative estimate of drug-likeness (QED) is 0.698. The van der Waals surface area contributed by atoms with Crippen molar-refractivity contribution in [1.29, 1.82) is 0 Å². The fraction of sp³-hybridized carbons (Fsp3) is 0.235. The number of hydrogen-bond acceptors (Lipinski definition) is 3. The molecule has 21 heavy (non-hydrogen) atoms. The van der Waals surface area contributed by atoms with E-state index >= 15 is 0 Å². The molecule has 2 aromatic rings. The first-order valence-corrected chi connectivity index (χ1v) is 8.02. The van der Waals surface area contributed by atoms with E-state index in [2.05, 4.69) is 13.0 Å². The highest BCUT2D eigenvalue weighted by atomic mass is 32.2. The van der Waals surface area contributed by atoms with Gasteiger partial charge in [0.2, 0.25) is 5.91 Å². The lowest BCUT2D eigenvalue weighted by molar-refractivity contribution is -0.116. The van der Waals surface area contributed by atoms with Crippen LogP contribution in [0.1, 0.15) is 12.5 Å². The van der Waals surface area contributed by atoms with Gasteiger partial charge in [-0.3, -0.25) is 4.79 Å². The summed E-state index contributed by atoms with van der Waals surface area (Å²) in [6.07, 6.45) is 0.935. The Morgan fingerprint density at radius 3 is 2.90 bits per heavy atom. The number of carbonyl (C=O) groups excluding carboxylic acids is 1. The van der Waals surface area contributed by atoms with Gasteiger partial charge < -0.3 is 10.6 Å². The lowest BCUT2D eigenvalue weighted by Crippen LogP contribution is -2.36. The highest BCUT2D eigenvalue weighted by Gasteiger charge is 2.30. The zero-order valence-corrected chi connectivity index (χ0v) is 12.8. The maximum absolute atomic E-state index is 12.6. The van der Waals surface area contributed by atoms with Crippen LogP contribution in [0, 0.1) is 0 Å². The molecular formula is C17H18N2OS. The summed E-state index contributed by atoms with van der Waals surface area (Å²) in [6.45, 7) is 2.10. The number of nitrogens with two attached hydrogens (primary N) is 1. The molecule has 0 spiro atoms. The Morgan fingerprint density at radius 2 is 2.10 bits per heavy atom. The van der Waals surface area contributed by atoms with Gasteiger partial charge in [-0.25, -0.2) is 0 Å². The molecule has 0 saturated heterocycles. The van der Waals surface area contributed by atoms with Crippen LogP contribution in [0.15, 0.2) is 53.4 Å². The number of fused-ring (bicyclic) bond motifs is 1. The predicted octanol–water partition coefficient (Wildman–Crippen LogP) is 3.34. The zero-order chi connectivity index (χ0) is 14.8. The molecular weight excluding hydrogens is 280 g/mol. The van der Waals surface area contributed by atoms with Crippen molar-refractivity contribution < 1.29 is 4.79 Å². The van der Waals surface area contributed by atoms with Crippen LogP contribution in [0.25, 0.3) is 0 Å². The number of thioether (sulfide) groups is 1. The minimum atomic E-state index is 0.153. The molecule has 3 rings (SSSR count). The van der Waals surface area contributed by atoms with E-state index in [0.717, 1.165) is 22.7 Å². The standard InChI is InChI=1S/C17H18N2OS/c1-12-9-13-5-2-3-8-16(13)19(12)17(20)11-21-15-7-4-6-14(18)10-15/h2-8,10,12H,9,11,18H2,1H3. The van der Waals surface area contributed by atoms with Gasteiger partial charge in [0, 0.05) is 22.3 Å². The van der Waals surface area contributed by atoms with E-state index in [1.165, 1.54) is 17.3 Å². The van der Waals surface area contributed by atoms with E-state index in [-0.39, 0.29) is 11.9 Å². The average Bonchev–Trinajstić information content (AvgIpc) is 2.81. The molecule has 0 fully saturated rings. The maximum Gasteiger partial charge on any atom is 0.237 e. The van der Waals surface area contributed by atoms with E-state index in [1.54, 1.807) is 0 Å². The minimum absolute atomic E-state index is 0.153. The van der Waals surface area contributed by atoms with Gasteiger partial charge >= 0.3 is 0 Å². The molecule has 0 radical (unpaired) electrons. The van der Waals surface area contributed by atoms with Crippen LogP contribution in [0.4, 0.5) is 11.4 Å².